The zero-order valence-electron chi connectivity index (χ0n) is 15.5. The van der Waals surface area contributed by atoms with Gasteiger partial charge < -0.3 is 4.90 Å². The van der Waals surface area contributed by atoms with Crippen molar-refractivity contribution in [3.05, 3.63) is 36.1 Å². The molecule has 0 fully saturated rings. The van der Waals surface area contributed by atoms with E-state index in [0.29, 0.717) is 11.3 Å². The highest BCUT2D eigenvalue weighted by Crippen LogP contribution is 2.33. The van der Waals surface area contributed by atoms with E-state index in [9.17, 15) is 0 Å². The number of nitrogens with zero attached hydrogens (tertiary/aromatic N) is 1. The Kier molecular flexibility index (Phi) is 9.41. The van der Waals surface area contributed by atoms with Crippen LogP contribution in [0.3, 0.4) is 0 Å². The zero-order chi connectivity index (χ0) is 16.5. The van der Waals surface area contributed by atoms with Gasteiger partial charge in [-0.25, -0.2) is 0 Å². The first-order chi connectivity index (χ1) is 9.74. The second kappa shape index (κ2) is 9.87. The van der Waals surface area contributed by atoms with E-state index in [1.54, 1.807) is 0 Å². The highest BCUT2D eigenvalue weighted by Gasteiger charge is 2.26. The van der Waals surface area contributed by atoms with Crippen LogP contribution in [0.2, 0.25) is 0 Å². The molecule has 21 heavy (non-hydrogen) atoms. The normalized spacial score (nSPS) is 13.3. The minimum absolute atomic E-state index is 0.355. The minimum Gasteiger partial charge on any atom is -0.372 e. The van der Waals surface area contributed by atoms with Gasteiger partial charge in [-0.1, -0.05) is 52.0 Å². The fourth-order valence-electron chi connectivity index (χ4n) is 2.48. The molecule has 0 aromatic rings. The molecule has 0 amide bonds. The number of hydrogen-bond acceptors (Lipinski definition) is 1. The monoisotopic (exact) mass is 291 g/mol. The lowest BCUT2D eigenvalue weighted by atomic mass is 9.76. The molecule has 1 atom stereocenters. The van der Waals surface area contributed by atoms with Gasteiger partial charge in [-0.15, -0.1) is 0 Å². The molecule has 0 heterocycles. The Morgan fingerprint density at radius 3 is 2.38 bits per heavy atom. The van der Waals surface area contributed by atoms with E-state index in [4.69, 9.17) is 0 Å². The van der Waals surface area contributed by atoms with Crippen LogP contribution < -0.4 is 0 Å². The van der Waals surface area contributed by atoms with Gasteiger partial charge in [0, 0.05) is 18.8 Å². The van der Waals surface area contributed by atoms with E-state index >= 15 is 0 Å². The van der Waals surface area contributed by atoms with Gasteiger partial charge in [0.25, 0.3) is 0 Å². The van der Waals surface area contributed by atoms with Crippen LogP contribution in [0.1, 0.15) is 67.7 Å². The predicted molar refractivity (Wildman–Crippen MR) is 97.4 cm³/mol. The molecule has 0 rings (SSSR count). The Balaban J connectivity index is 4.67. The summed E-state index contributed by atoms with van der Waals surface area (Å²) < 4.78 is 0. The van der Waals surface area contributed by atoms with Crippen molar-refractivity contribution in [2.75, 3.05) is 13.1 Å². The second-order valence-electron chi connectivity index (χ2n) is 7.15. The third-order valence-corrected chi connectivity index (χ3v) is 4.43. The summed E-state index contributed by atoms with van der Waals surface area (Å²) in [7, 11) is 0. The fraction of sp³-hybridized carbons (Fsp3) is 0.700. The van der Waals surface area contributed by atoms with Crippen LogP contribution in [0.4, 0.5) is 0 Å². The quantitative estimate of drug-likeness (QED) is 0.342. The van der Waals surface area contributed by atoms with Crippen LogP contribution in [0.25, 0.3) is 0 Å². The van der Waals surface area contributed by atoms with Gasteiger partial charge in [-0.2, -0.15) is 0 Å². The average molecular weight is 292 g/mol. The van der Waals surface area contributed by atoms with E-state index in [-0.39, 0.29) is 0 Å². The molecule has 0 aliphatic heterocycles. The molecule has 122 valence electrons. The van der Waals surface area contributed by atoms with Gasteiger partial charge in [-0.05, 0) is 57.4 Å². The van der Waals surface area contributed by atoms with Gasteiger partial charge in [0.15, 0.2) is 0 Å². The van der Waals surface area contributed by atoms with E-state index in [2.05, 4.69) is 78.2 Å². The van der Waals surface area contributed by atoms with Crippen LogP contribution in [0.15, 0.2) is 36.1 Å². The van der Waals surface area contributed by atoms with E-state index in [1.807, 2.05) is 0 Å². The summed E-state index contributed by atoms with van der Waals surface area (Å²) in [4.78, 5) is 2.44. The third kappa shape index (κ3) is 8.14. The topological polar surface area (TPSA) is 3.24 Å². The first-order valence-corrected chi connectivity index (χ1v) is 8.44. The number of hydrogen-bond donors (Lipinski definition) is 0. The highest BCUT2D eigenvalue weighted by atomic mass is 15.1. The summed E-state index contributed by atoms with van der Waals surface area (Å²) in [5.41, 5.74) is 2.92. The summed E-state index contributed by atoms with van der Waals surface area (Å²) in [6, 6.07) is 0. The van der Waals surface area contributed by atoms with Crippen molar-refractivity contribution in [2.45, 2.75) is 67.7 Å². The van der Waals surface area contributed by atoms with E-state index < -0.39 is 0 Å². The lowest BCUT2D eigenvalue weighted by molar-refractivity contribution is 0.162. The lowest BCUT2D eigenvalue weighted by Crippen LogP contribution is -2.34. The molecule has 0 aliphatic rings. The molecule has 0 aliphatic carbocycles. The van der Waals surface area contributed by atoms with Gasteiger partial charge >= 0.3 is 0 Å². The first-order valence-electron chi connectivity index (χ1n) is 8.44. The summed E-state index contributed by atoms with van der Waals surface area (Å²) in [6.45, 7) is 22.2. The molecule has 0 aromatic carbocycles. The van der Waals surface area contributed by atoms with Gasteiger partial charge in [0.2, 0.25) is 0 Å². The van der Waals surface area contributed by atoms with Crippen LogP contribution in [-0.2, 0) is 0 Å². The van der Waals surface area contributed by atoms with E-state index in [0.717, 1.165) is 18.8 Å². The standard InChI is InChI=1S/C20H37N/c1-9-12-19(6)21(15-10-2)16-18(5)20(7,8)14-11-13-17(3)4/h9,12-13,18H,6,10-11,14-16H2,1-5,7-8H3/b12-9+. The SMILES string of the molecule is C=C(/C=C/C)N(CCC)CC(C)C(C)(C)CCC=C(C)C. The molecule has 0 saturated heterocycles. The van der Waals surface area contributed by atoms with Crippen LogP contribution >= 0.6 is 0 Å². The molecule has 0 saturated carbocycles. The maximum atomic E-state index is 4.21. The Morgan fingerprint density at radius 2 is 1.90 bits per heavy atom. The molecule has 0 bridgehead atoms. The lowest BCUT2D eigenvalue weighted by Gasteiger charge is -2.37. The molecular weight excluding hydrogens is 254 g/mol. The zero-order valence-corrected chi connectivity index (χ0v) is 15.5. The summed E-state index contributed by atoms with van der Waals surface area (Å²) in [6.07, 6.45) is 10.2. The molecule has 0 N–H and O–H groups in total. The van der Waals surface area contributed by atoms with Crippen molar-refractivity contribution in [2.24, 2.45) is 11.3 Å². The smallest absolute Gasteiger partial charge is 0.0289 e. The van der Waals surface area contributed by atoms with Crippen molar-refractivity contribution < 1.29 is 0 Å². The Morgan fingerprint density at radius 1 is 1.29 bits per heavy atom. The molecule has 0 spiro atoms. The largest absolute Gasteiger partial charge is 0.372 e. The highest BCUT2D eigenvalue weighted by molar-refractivity contribution is 5.12. The molecule has 0 radical (unpaired) electrons. The van der Waals surface area contributed by atoms with Crippen molar-refractivity contribution >= 4 is 0 Å². The van der Waals surface area contributed by atoms with Crippen molar-refractivity contribution in [1.82, 2.24) is 4.90 Å². The molecular formula is C20H37N. The predicted octanol–water partition coefficient (Wildman–Crippen LogP) is 6.20. The van der Waals surface area contributed by atoms with Crippen molar-refractivity contribution in [3.8, 4) is 0 Å². The summed E-state index contributed by atoms with van der Waals surface area (Å²) >= 11 is 0. The van der Waals surface area contributed by atoms with Crippen molar-refractivity contribution in [1.29, 1.82) is 0 Å². The third-order valence-electron chi connectivity index (χ3n) is 4.43. The first kappa shape index (κ1) is 20.0. The Bertz CT molecular complexity index is 356. The Hall–Kier alpha value is -0.980. The van der Waals surface area contributed by atoms with Gasteiger partial charge in [-0.3, -0.25) is 0 Å². The molecule has 1 nitrogen and oxygen atoms in total. The fourth-order valence-corrected chi connectivity index (χ4v) is 2.48. The number of rotatable bonds is 10. The van der Waals surface area contributed by atoms with Gasteiger partial charge in [0.05, 0.1) is 0 Å². The molecule has 0 aromatic heterocycles. The molecule has 1 unspecified atom stereocenters. The van der Waals surface area contributed by atoms with Gasteiger partial charge in [0.1, 0.15) is 0 Å². The van der Waals surface area contributed by atoms with Crippen LogP contribution in [0.5, 0.6) is 0 Å². The second-order valence-corrected chi connectivity index (χ2v) is 7.15. The number of allylic oxidation sites excluding steroid dienone is 4. The maximum absolute atomic E-state index is 4.21. The summed E-state index contributed by atoms with van der Waals surface area (Å²) in [5, 5.41) is 0. The Labute approximate surface area is 133 Å². The van der Waals surface area contributed by atoms with E-state index in [1.165, 1.54) is 24.8 Å². The molecule has 1 heteroatoms. The van der Waals surface area contributed by atoms with Crippen LogP contribution in [0, 0.1) is 11.3 Å². The summed E-state index contributed by atoms with van der Waals surface area (Å²) in [5.74, 6) is 0.650. The minimum atomic E-state index is 0.355. The maximum Gasteiger partial charge on any atom is 0.0289 e. The van der Waals surface area contributed by atoms with Crippen LogP contribution in [-0.4, -0.2) is 18.0 Å². The van der Waals surface area contributed by atoms with Crippen molar-refractivity contribution in [3.63, 3.8) is 0 Å². The average Bonchev–Trinajstić information content (AvgIpc) is 2.37.